The van der Waals surface area contributed by atoms with Crippen LogP contribution in [0.1, 0.15) is 0 Å². The van der Waals surface area contributed by atoms with Crippen molar-refractivity contribution in [1.29, 1.82) is 0 Å². The Morgan fingerprint density at radius 2 is 2.04 bits per heavy atom. The van der Waals surface area contributed by atoms with Gasteiger partial charge in [-0.05, 0) is 12.1 Å². The van der Waals surface area contributed by atoms with Gasteiger partial charge >= 0.3 is 0 Å². The summed E-state index contributed by atoms with van der Waals surface area (Å²) in [6.45, 7) is -0.144. The molecule has 0 aliphatic rings. The molecule has 0 fully saturated rings. The number of fused-ring (bicyclic) bond motifs is 2. The van der Waals surface area contributed by atoms with Gasteiger partial charge in [0.15, 0.2) is 16.8 Å². The van der Waals surface area contributed by atoms with E-state index in [9.17, 15) is 18.4 Å². The molecule has 7 nitrogen and oxygen atoms in total. The number of aromatic nitrogens is 4. The van der Waals surface area contributed by atoms with Crippen LogP contribution < -0.4 is 10.9 Å². The second-order valence-electron chi connectivity index (χ2n) is 5.64. The van der Waals surface area contributed by atoms with Crippen LogP contribution >= 0.6 is 11.3 Å². The molecule has 0 unspecified atom stereocenters. The maximum absolute atomic E-state index is 13.3. The number of nitrogens with zero attached hydrogens (tertiary/aromatic N) is 4. The van der Waals surface area contributed by atoms with Gasteiger partial charge in [-0.1, -0.05) is 11.3 Å². The largest absolute Gasteiger partial charge is 0.317 e. The highest BCUT2D eigenvalue weighted by molar-refractivity contribution is 7.22. The number of imidazole rings is 1. The third kappa shape index (κ3) is 2.73. The molecule has 4 aromatic rings. The van der Waals surface area contributed by atoms with Crippen LogP contribution in [0.2, 0.25) is 0 Å². The molecule has 3 aromatic heterocycles. The molecule has 3 heterocycles. The number of thiazole rings is 1. The highest BCUT2D eigenvalue weighted by Crippen LogP contribution is 2.27. The number of pyridine rings is 1. The van der Waals surface area contributed by atoms with E-state index in [4.69, 9.17) is 0 Å². The molecular weight excluding hydrogens is 364 g/mol. The third-order valence-corrected chi connectivity index (χ3v) is 4.77. The van der Waals surface area contributed by atoms with Crippen LogP contribution in [-0.4, -0.2) is 25.0 Å². The molecule has 132 valence electrons. The fraction of sp³-hybridized carbons (Fsp3) is 0.125. The van der Waals surface area contributed by atoms with Crippen LogP contribution in [0.3, 0.4) is 0 Å². The number of aryl methyl sites for hydroxylation is 1. The molecular formula is C16H11F2N5O2S. The van der Waals surface area contributed by atoms with Gasteiger partial charge < -0.3 is 14.5 Å². The lowest BCUT2D eigenvalue weighted by atomic mass is 10.3. The Hall–Kier alpha value is -3.14. The number of halogens is 2. The zero-order valence-electron chi connectivity index (χ0n) is 13.4. The molecule has 0 bridgehead atoms. The smallest absolute Gasteiger partial charge is 0.276 e. The number of hydrogen-bond acceptors (Lipinski definition) is 5. The predicted molar refractivity (Wildman–Crippen MR) is 93.1 cm³/mol. The zero-order valence-corrected chi connectivity index (χ0v) is 14.2. The molecule has 0 saturated heterocycles. The van der Waals surface area contributed by atoms with E-state index in [1.54, 1.807) is 19.3 Å². The monoisotopic (exact) mass is 375 g/mol. The van der Waals surface area contributed by atoms with Crippen molar-refractivity contribution in [2.45, 2.75) is 6.54 Å². The zero-order chi connectivity index (χ0) is 18.4. The third-order valence-electron chi connectivity index (χ3n) is 3.84. The SMILES string of the molecule is Cn1ccc2ncn(CC(=O)Nc3nc4cc(F)c(F)cc4s3)c2c1=O. The summed E-state index contributed by atoms with van der Waals surface area (Å²) in [5, 5.41) is 2.79. The lowest BCUT2D eigenvalue weighted by Crippen LogP contribution is -2.22. The van der Waals surface area contributed by atoms with Gasteiger partial charge in [-0.25, -0.2) is 18.7 Å². The van der Waals surface area contributed by atoms with E-state index < -0.39 is 17.5 Å². The number of carbonyl (C=O) groups is 1. The first-order valence-electron chi connectivity index (χ1n) is 7.48. The highest BCUT2D eigenvalue weighted by atomic mass is 32.1. The molecule has 0 aliphatic carbocycles. The molecule has 0 atom stereocenters. The lowest BCUT2D eigenvalue weighted by Gasteiger charge is -2.04. The second-order valence-corrected chi connectivity index (χ2v) is 6.67. The first kappa shape index (κ1) is 16.3. The molecule has 0 saturated carbocycles. The standard InChI is InChI=1S/C16H11F2N5O2S/c1-22-3-2-10-14(15(22)25)23(7-19-10)6-13(24)21-16-20-11-4-8(17)9(18)5-12(11)26-16/h2-5,7H,6H2,1H3,(H,20,21,24). The summed E-state index contributed by atoms with van der Waals surface area (Å²) in [7, 11) is 1.61. The summed E-state index contributed by atoms with van der Waals surface area (Å²) in [6.07, 6.45) is 3.01. The molecule has 1 aromatic carbocycles. The fourth-order valence-corrected chi connectivity index (χ4v) is 3.47. The average Bonchev–Trinajstić information content (AvgIpc) is 3.15. The van der Waals surface area contributed by atoms with Crippen LogP contribution in [0, 0.1) is 11.6 Å². The molecule has 0 aliphatic heterocycles. The van der Waals surface area contributed by atoms with Crippen molar-refractivity contribution in [3.63, 3.8) is 0 Å². The number of amides is 1. The van der Waals surface area contributed by atoms with Gasteiger partial charge in [0.2, 0.25) is 5.91 Å². The number of anilines is 1. The Morgan fingerprint density at radius 3 is 2.85 bits per heavy atom. The number of nitrogens with one attached hydrogen (secondary N) is 1. The minimum absolute atomic E-state index is 0.144. The van der Waals surface area contributed by atoms with Crippen molar-refractivity contribution in [3.05, 3.63) is 52.7 Å². The van der Waals surface area contributed by atoms with Gasteiger partial charge in [0.25, 0.3) is 5.56 Å². The van der Waals surface area contributed by atoms with Crippen molar-refractivity contribution < 1.29 is 13.6 Å². The Kier molecular flexibility index (Phi) is 3.76. The van der Waals surface area contributed by atoms with Crippen LogP contribution in [0.4, 0.5) is 13.9 Å². The van der Waals surface area contributed by atoms with E-state index in [1.165, 1.54) is 15.5 Å². The summed E-state index contributed by atoms with van der Waals surface area (Å²) in [5.41, 5.74) is 0.801. The van der Waals surface area contributed by atoms with Gasteiger partial charge in [-0.2, -0.15) is 0 Å². The van der Waals surface area contributed by atoms with E-state index in [-0.39, 0.29) is 22.8 Å². The molecule has 1 N–H and O–H groups in total. The fourth-order valence-electron chi connectivity index (χ4n) is 2.58. The quantitative estimate of drug-likeness (QED) is 0.596. The van der Waals surface area contributed by atoms with Crippen LogP contribution in [0.5, 0.6) is 0 Å². The number of carbonyl (C=O) groups excluding carboxylic acids is 1. The minimum atomic E-state index is -0.999. The van der Waals surface area contributed by atoms with Gasteiger partial charge in [-0.15, -0.1) is 0 Å². The normalized spacial score (nSPS) is 11.3. The number of hydrogen-bond donors (Lipinski definition) is 1. The molecule has 0 radical (unpaired) electrons. The molecule has 1 amide bonds. The van der Waals surface area contributed by atoms with Gasteiger partial charge in [0.1, 0.15) is 12.1 Å². The predicted octanol–water partition coefficient (Wildman–Crippen LogP) is 2.26. The van der Waals surface area contributed by atoms with Gasteiger partial charge in [0, 0.05) is 19.3 Å². The highest BCUT2D eigenvalue weighted by Gasteiger charge is 2.14. The molecule has 26 heavy (non-hydrogen) atoms. The first-order chi connectivity index (χ1) is 12.4. The number of benzene rings is 1. The van der Waals surface area contributed by atoms with Crippen molar-refractivity contribution in [1.82, 2.24) is 19.1 Å². The second kappa shape index (κ2) is 5.99. The van der Waals surface area contributed by atoms with E-state index >= 15 is 0 Å². The van der Waals surface area contributed by atoms with Crippen molar-refractivity contribution in [2.75, 3.05) is 5.32 Å². The van der Waals surface area contributed by atoms with E-state index in [2.05, 4.69) is 15.3 Å². The summed E-state index contributed by atoms with van der Waals surface area (Å²) >= 11 is 1.03. The number of rotatable bonds is 3. The minimum Gasteiger partial charge on any atom is -0.317 e. The summed E-state index contributed by atoms with van der Waals surface area (Å²) in [5.74, 6) is -2.41. The average molecular weight is 375 g/mol. The molecule has 0 spiro atoms. The van der Waals surface area contributed by atoms with E-state index in [0.29, 0.717) is 15.7 Å². The van der Waals surface area contributed by atoms with E-state index in [1.807, 2.05) is 0 Å². The van der Waals surface area contributed by atoms with Crippen molar-refractivity contribution >= 4 is 43.6 Å². The van der Waals surface area contributed by atoms with Crippen molar-refractivity contribution in [2.24, 2.45) is 7.05 Å². The van der Waals surface area contributed by atoms with Gasteiger partial charge in [-0.3, -0.25) is 9.59 Å². The molecule has 4 rings (SSSR count). The maximum atomic E-state index is 13.3. The van der Waals surface area contributed by atoms with Crippen molar-refractivity contribution in [3.8, 4) is 0 Å². The maximum Gasteiger partial charge on any atom is 0.276 e. The molecule has 10 heteroatoms. The van der Waals surface area contributed by atoms with Gasteiger partial charge in [0.05, 0.1) is 22.1 Å². The Morgan fingerprint density at radius 1 is 1.27 bits per heavy atom. The van der Waals surface area contributed by atoms with E-state index in [0.717, 1.165) is 23.5 Å². The summed E-state index contributed by atoms with van der Waals surface area (Å²) in [6, 6.07) is 3.69. The Balaban J connectivity index is 1.60. The lowest BCUT2D eigenvalue weighted by molar-refractivity contribution is -0.116. The summed E-state index contributed by atoms with van der Waals surface area (Å²) < 4.78 is 29.8. The van der Waals surface area contributed by atoms with Crippen LogP contribution in [0.15, 0.2) is 35.5 Å². The summed E-state index contributed by atoms with van der Waals surface area (Å²) in [4.78, 5) is 32.7. The van der Waals surface area contributed by atoms with Crippen LogP contribution in [0.25, 0.3) is 21.3 Å². The topological polar surface area (TPSA) is 81.8 Å². The Labute approximate surface area is 148 Å². The first-order valence-corrected chi connectivity index (χ1v) is 8.30. The van der Waals surface area contributed by atoms with Crippen LogP contribution in [-0.2, 0) is 18.4 Å². The Bertz CT molecular complexity index is 1190.